The molecule has 4 heterocycles. The van der Waals surface area contributed by atoms with Crippen LogP contribution in [0.4, 0.5) is 0 Å². The standard InChI is InChI=1S/C24H23N3O4/c1-3-26-17-7-5-4-6-15(17)16-11-18-24(29)25(2)12-21(28)27(18)22(23(16)26)14-8-9-19-20(10-14)31-13-30-19/h4-10,18,22H,3,11-13H2,1-2H3. The van der Waals surface area contributed by atoms with Crippen LogP contribution in [0.1, 0.15) is 29.8 Å². The number of aryl methyl sites for hydroxylation is 1. The molecule has 2 unspecified atom stereocenters. The first-order valence-corrected chi connectivity index (χ1v) is 10.6. The van der Waals surface area contributed by atoms with Crippen molar-refractivity contribution in [3.05, 3.63) is 59.3 Å². The lowest BCUT2D eigenvalue weighted by molar-refractivity contribution is -0.157. The van der Waals surface area contributed by atoms with Gasteiger partial charge < -0.3 is 23.8 Å². The molecular formula is C24H23N3O4. The first-order valence-electron chi connectivity index (χ1n) is 10.6. The molecule has 0 bridgehead atoms. The lowest BCUT2D eigenvalue weighted by atomic mass is 9.86. The predicted molar refractivity (Wildman–Crippen MR) is 114 cm³/mol. The van der Waals surface area contributed by atoms with Crippen LogP contribution < -0.4 is 9.47 Å². The fraction of sp³-hybridized carbons (Fsp3) is 0.333. The highest BCUT2D eigenvalue weighted by molar-refractivity contribution is 5.97. The fourth-order valence-corrected chi connectivity index (χ4v) is 5.41. The Kier molecular flexibility index (Phi) is 3.84. The summed E-state index contributed by atoms with van der Waals surface area (Å²) in [5, 5.41) is 1.15. The summed E-state index contributed by atoms with van der Waals surface area (Å²) in [6, 6.07) is 13.3. The van der Waals surface area contributed by atoms with Crippen molar-refractivity contribution in [3.8, 4) is 11.5 Å². The molecule has 7 nitrogen and oxygen atoms in total. The highest BCUT2D eigenvalue weighted by Crippen LogP contribution is 2.46. The van der Waals surface area contributed by atoms with Crippen LogP contribution in [0.3, 0.4) is 0 Å². The Morgan fingerprint density at radius 2 is 1.87 bits per heavy atom. The second-order valence-electron chi connectivity index (χ2n) is 8.36. The Hall–Kier alpha value is -3.48. The maximum atomic E-state index is 13.3. The highest BCUT2D eigenvalue weighted by atomic mass is 16.7. The van der Waals surface area contributed by atoms with E-state index < -0.39 is 6.04 Å². The van der Waals surface area contributed by atoms with Crippen molar-refractivity contribution in [1.29, 1.82) is 0 Å². The maximum Gasteiger partial charge on any atom is 0.245 e. The van der Waals surface area contributed by atoms with Crippen LogP contribution in [-0.4, -0.2) is 52.6 Å². The van der Waals surface area contributed by atoms with E-state index in [-0.39, 0.29) is 31.2 Å². The fourth-order valence-electron chi connectivity index (χ4n) is 5.41. The third kappa shape index (κ3) is 2.46. The second-order valence-corrected chi connectivity index (χ2v) is 8.36. The molecule has 6 rings (SSSR count). The SMILES string of the molecule is CCn1c2c(c3ccccc31)CC1C(=O)N(C)CC(=O)N1C2c1ccc2c(c1)OCO2. The summed E-state index contributed by atoms with van der Waals surface area (Å²) >= 11 is 0. The van der Waals surface area contributed by atoms with E-state index in [0.717, 1.165) is 34.3 Å². The average Bonchev–Trinajstić information content (AvgIpc) is 3.37. The minimum atomic E-state index is -0.509. The number of piperazine rings is 1. The van der Waals surface area contributed by atoms with Crippen LogP contribution in [0.5, 0.6) is 11.5 Å². The number of likely N-dealkylation sites (N-methyl/N-ethyl adjacent to an activating group) is 1. The molecule has 158 valence electrons. The Balaban J connectivity index is 1.64. The Labute approximate surface area is 179 Å². The van der Waals surface area contributed by atoms with Gasteiger partial charge in [-0.05, 0) is 36.2 Å². The summed E-state index contributed by atoms with van der Waals surface area (Å²) in [5.74, 6) is 1.33. The molecule has 2 amide bonds. The van der Waals surface area contributed by atoms with Crippen LogP contribution in [0, 0.1) is 0 Å². The Morgan fingerprint density at radius 1 is 1.06 bits per heavy atom. The van der Waals surface area contributed by atoms with Gasteiger partial charge in [0.25, 0.3) is 0 Å². The molecule has 7 heteroatoms. The lowest BCUT2D eigenvalue weighted by Crippen LogP contribution is -2.62. The molecule has 31 heavy (non-hydrogen) atoms. The summed E-state index contributed by atoms with van der Waals surface area (Å²) in [6.45, 7) is 3.18. The highest BCUT2D eigenvalue weighted by Gasteiger charge is 2.48. The van der Waals surface area contributed by atoms with Gasteiger partial charge in [0, 0.05) is 36.6 Å². The van der Waals surface area contributed by atoms with Gasteiger partial charge in [-0.2, -0.15) is 0 Å². The molecule has 0 saturated carbocycles. The summed E-state index contributed by atoms with van der Waals surface area (Å²) in [7, 11) is 1.71. The summed E-state index contributed by atoms with van der Waals surface area (Å²) in [6.07, 6.45) is 0.527. The van der Waals surface area contributed by atoms with Crippen LogP contribution in [0.2, 0.25) is 0 Å². The van der Waals surface area contributed by atoms with Gasteiger partial charge in [0.15, 0.2) is 11.5 Å². The van der Waals surface area contributed by atoms with Gasteiger partial charge in [-0.3, -0.25) is 9.59 Å². The van der Waals surface area contributed by atoms with E-state index in [0.29, 0.717) is 17.9 Å². The number of benzene rings is 2. The van der Waals surface area contributed by atoms with Gasteiger partial charge >= 0.3 is 0 Å². The number of para-hydroxylation sites is 1. The van der Waals surface area contributed by atoms with E-state index in [1.807, 2.05) is 30.3 Å². The molecule has 3 aliphatic heterocycles. The number of nitrogens with zero attached hydrogens (tertiary/aromatic N) is 3. The van der Waals surface area contributed by atoms with E-state index in [9.17, 15) is 9.59 Å². The lowest BCUT2D eigenvalue weighted by Gasteiger charge is -2.46. The van der Waals surface area contributed by atoms with Crippen LogP contribution in [-0.2, 0) is 22.6 Å². The van der Waals surface area contributed by atoms with Gasteiger partial charge in [0.1, 0.15) is 6.04 Å². The number of rotatable bonds is 2. The molecule has 3 aliphatic rings. The molecule has 0 spiro atoms. The zero-order valence-corrected chi connectivity index (χ0v) is 17.5. The van der Waals surface area contributed by atoms with Crippen LogP contribution >= 0.6 is 0 Å². The van der Waals surface area contributed by atoms with Crippen molar-refractivity contribution >= 4 is 22.7 Å². The number of fused-ring (bicyclic) bond motifs is 5. The maximum absolute atomic E-state index is 13.3. The van der Waals surface area contributed by atoms with Gasteiger partial charge in [0.05, 0.1) is 12.6 Å². The smallest absolute Gasteiger partial charge is 0.245 e. The van der Waals surface area contributed by atoms with E-state index in [1.54, 1.807) is 16.8 Å². The van der Waals surface area contributed by atoms with Crippen LogP contribution in [0.25, 0.3) is 10.9 Å². The zero-order valence-electron chi connectivity index (χ0n) is 17.5. The van der Waals surface area contributed by atoms with Crippen molar-refractivity contribution in [1.82, 2.24) is 14.4 Å². The number of carbonyl (C=O) groups is 2. The molecule has 3 aromatic rings. The number of hydrogen-bond acceptors (Lipinski definition) is 4. The van der Waals surface area contributed by atoms with Gasteiger partial charge in [-0.25, -0.2) is 0 Å². The monoisotopic (exact) mass is 417 g/mol. The number of ether oxygens (including phenoxy) is 2. The first-order chi connectivity index (χ1) is 15.1. The number of hydrogen-bond donors (Lipinski definition) is 0. The predicted octanol–water partition coefficient (Wildman–Crippen LogP) is 2.70. The third-order valence-corrected chi connectivity index (χ3v) is 6.74. The average molecular weight is 417 g/mol. The normalized spacial score (nSPS) is 22.1. The molecule has 0 aliphatic carbocycles. The first kappa shape index (κ1) is 18.3. The largest absolute Gasteiger partial charge is 0.454 e. The molecule has 1 fully saturated rings. The molecule has 1 aromatic heterocycles. The molecule has 2 aromatic carbocycles. The molecular weight excluding hydrogens is 394 g/mol. The Bertz CT molecular complexity index is 1250. The quantitative estimate of drug-likeness (QED) is 0.643. The minimum Gasteiger partial charge on any atom is -0.454 e. The van der Waals surface area contributed by atoms with Gasteiger partial charge in [-0.15, -0.1) is 0 Å². The van der Waals surface area contributed by atoms with Crippen LogP contribution in [0.15, 0.2) is 42.5 Å². The van der Waals surface area contributed by atoms with E-state index in [4.69, 9.17) is 9.47 Å². The molecule has 0 N–H and O–H groups in total. The van der Waals surface area contributed by atoms with Crippen molar-refractivity contribution < 1.29 is 19.1 Å². The number of aromatic nitrogens is 1. The number of amides is 2. The van der Waals surface area contributed by atoms with Gasteiger partial charge in [0.2, 0.25) is 18.6 Å². The van der Waals surface area contributed by atoms with Crippen molar-refractivity contribution in [2.75, 3.05) is 20.4 Å². The zero-order chi connectivity index (χ0) is 21.3. The van der Waals surface area contributed by atoms with Gasteiger partial charge in [-0.1, -0.05) is 24.3 Å². The summed E-state index contributed by atoms with van der Waals surface area (Å²) in [5.41, 5.74) is 4.30. The minimum absolute atomic E-state index is 0.00989. The Morgan fingerprint density at radius 3 is 2.71 bits per heavy atom. The summed E-state index contributed by atoms with van der Waals surface area (Å²) < 4.78 is 13.4. The van der Waals surface area contributed by atoms with Crippen molar-refractivity contribution in [2.45, 2.75) is 32.0 Å². The topological polar surface area (TPSA) is 64.0 Å². The van der Waals surface area contributed by atoms with Crippen molar-refractivity contribution in [3.63, 3.8) is 0 Å². The third-order valence-electron chi connectivity index (χ3n) is 6.74. The second kappa shape index (κ2) is 6.51. The molecule has 1 saturated heterocycles. The number of carbonyl (C=O) groups excluding carboxylic acids is 2. The van der Waals surface area contributed by atoms with E-state index in [1.165, 1.54) is 0 Å². The molecule has 2 atom stereocenters. The van der Waals surface area contributed by atoms with Crippen molar-refractivity contribution in [2.24, 2.45) is 0 Å². The molecule has 0 radical (unpaired) electrons. The summed E-state index contributed by atoms with van der Waals surface area (Å²) in [4.78, 5) is 29.8. The van der Waals surface area contributed by atoms with E-state index in [2.05, 4.69) is 23.6 Å². The van der Waals surface area contributed by atoms with E-state index >= 15 is 0 Å².